The summed E-state index contributed by atoms with van der Waals surface area (Å²) >= 11 is 0. The Balaban J connectivity index is 3.25. The highest BCUT2D eigenvalue weighted by molar-refractivity contribution is 5.56. The largest absolute Gasteiger partial charge is 0.508 e. The fourth-order valence-electron chi connectivity index (χ4n) is 0.641. The quantitative estimate of drug-likeness (QED) is 0.408. The van der Waals surface area contributed by atoms with Gasteiger partial charge in [-0.1, -0.05) is 0 Å². The van der Waals surface area contributed by atoms with E-state index in [-0.39, 0.29) is 5.75 Å². The van der Waals surface area contributed by atoms with Gasteiger partial charge in [0.25, 0.3) is 0 Å². The van der Waals surface area contributed by atoms with Crippen molar-refractivity contribution in [1.29, 1.82) is 5.26 Å². The molecule has 0 saturated heterocycles. The molecule has 0 unspecified atom stereocenters. The van der Waals surface area contributed by atoms with E-state index in [0.29, 0.717) is 11.3 Å². The van der Waals surface area contributed by atoms with Gasteiger partial charge in [-0.05, 0) is 18.2 Å². The van der Waals surface area contributed by atoms with E-state index in [1.807, 2.05) is 6.07 Å². The number of nitrogen functional groups attached to an aromatic ring is 1. The fourth-order valence-corrected chi connectivity index (χ4v) is 0.641. The molecule has 0 aliphatic heterocycles. The fraction of sp³-hybridized carbons (Fsp3) is 0. The molecule has 0 radical (unpaired) electrons. The summed E-state index contributed by atoms with van der Waals surface area (Å²) < 4.78 is 0. The molecule has 1 aromatic rings. The number of benzene rings is 1. The summed E-state index contributed by atoms with van der Waals surface area (Å²) in [5, 5.41) is 17.3. The van der Waals surface area contributed by atoms with Crippen molar-refractivity contribution in [2.24, 2.45) is 0 Å². The van der Waals surface area contributed by atoms with Crippen LogP contribution in [0.5, 0.6) is 5.75 Å². The van der Waals surface area contributed by atoms with Crippen LogP contribution in [0.1, 0.15) is 5.56 Å². The molecule has 3 N–H and O–H groups in total. The third-order valence-corrected chi connectivity index (χ3v) is 1.16. The first-order valence-electron chi connectivity index (χ1n) is 2.72. The zero-order valence-electron chi connectivity index (χ0n) is 5.20. The molecule has 1 aromatic carbocycles. The van der Waals surface area contributed by atoms with Gasteiger partial charge in [-0.15, -0.1) is 0 Å². The number of hydrogen-bond donors (Lipinski definition) is 2. The first kappa shape index (κ1) is 6.43. The summed E-state index contributed by atoms with van der Waals surface area (Å²) in [5.41, 5.74) is 6.06. The number of rotatable bonds is 0. The minimum Gasteiger partial charge on any atom is -0.508 e. The Morgan fingerprint density at radius 3 is 2.70 bits per heavy atom. The molecule has 3 nitrogen and oxygen atoms in total. The van der Waals surface area contributed by atoms with E-state index in [4.69, 9.17) is 16.1 Å². The number of phenols is 1. The summed E-state index contributed by atoms with van der Waals surface area (Å²) in [6.45, 7) is 0. The lowest BCUT2D eigenvalue weighted by atomic mass is 10.2. The Morgan fingerprint density at radius 2 is 2.20 bits per heavy atom. The van der Waals surface area contributed by atoms with Crippen LogP contribution < -0.4 is 5.73 Å². The SMILES string of the molecule is N#Cc1cc(O)ccc1N. The van der Waals surface area contributed by atoms with Crippen molar-refractivity contribution in [3.63, 3.8) is 0 Å². The van der Waals surface area contributed by atoms with E-state index in [0.717, 1.165) is 0 Å². The van der Waals surface area contributed by atoms with Crippen LogP contribution in [0, 0.1) is 11.3 Å². The predicted molar refractivity (Wildman–Crippen MR) is 37.2 cm³/mol. The van der Waals surface area contributed by atoms with Crippen molar-refractivity contribution in [2.75, 3.05) is 5.73 Å². The lowest BCUT2D eigenvalue weighted by Gasteiger charge is -1.95. The summed E-state index contributed by atoms with van der Waals surface area (Å²) in [7, 11) is 0. The molecule has 0 fully saturated rings. The molecule has 50 valence electrons. The molecule has 3 heteroatoms. The number of nitrogens with zero attached hydrogens (tertiary/aromatic N) is 1. The van der Waals surface area contributed by atoms with E-state index in [9.17, 15) is 0 Å². The van der Waals surface area contributed by atoms with Crippen LogP contribution in [0.25, 0.3) is 0 Å². The van der Waals surface area contributed by atoms with Gasteiger partial charge in [0.05, 0.1) is 5.56 Å². The molecule has 0 spiro atoms. The molecular formula is C7H6N2O. The van der Waals surface area contributed by atoms with Crippen LogP contribution >= 0.6 is 0 Å². The molecule has 0 atom stereocenters. The van der Waals surface area contributed by atoms with Gasteiger partial charge in [-0.3, -0.25) is 0 Å². The van der Waals surface area contributed by atoms with Gasteiger partial charge in [0.1, 0.15) is 11.8 Å². The van der Waals surface area contributed by atoms with Crippen LogP contribution in [-0.2, 0) is 0 Å². The Hall–Kier alpha value is -1.69. The lowest BCUT2D eigenvalue weighted by molar-refractivity contribution is 0.475. The van der Waals surface area contributed by atoms with Gasteiger partial charge in [0.2, 0.25) is 0 Å². The van der Waals surface area contributed by atoms with Crippen molar-refractivity contribution in [2.45, 2.75) is 0 Å². The number of aromatic hydroxyl groups is 1. The zero-order valence-corrected chi connectivity index (χ0v) is 5.20. The van der Waals surface area contributed by atoms with Crippen LogP contribution in [0.4, 0.5) is 5.69 Å². The lowest BCUT2D eigenvalue weighted by Crippen LogP contribution is -1.88. The standard InChI is InChI=1S/C7H6N2O/c8-4-5-3-6(10)1-2-7(5)9/h1-3,10H,9H2. The first-order valence-corrected chi connectivity index (χ1v) is 2.72. The van der Waals surface area contributed by atoms with Crippen molar-refractivity contribution in [3.05, 3.63) is 23.8 Å². The summed E-state index contributed by atoms with van der Waals surface area (Å²) in [6, 6.07) is 6.11. The van der Waals surface area contributed by atoms with E-state index in [1.165, 1.54) is 18.2 Å². The maximum Gasteiger partial charge on any atom is 0.117 e. The maximum atomic E-state index is 8.86. The topological polar surface area (TPSA) is 70.0 Å². The minimum atomic E-state index is 0.0609. The molecule has 1 rings (SSSR count). The van der Waals surface area contributed by atoms with Gasteiger partial charge in [0, 0.05) is 5.69 Å². The molecule has 0 saturated carbocycles. The zero-order chi connectivity index (χ0) is 7.56. The second kappa shape index (κ2) is 2.28. The van der Waals surface area contributed by atoms with E-state index < -0.39 is 0 Å². The summed E-state index contributed by atoms with van der Waals surface area (Å²) in [5.74, 6) is 0.0609. The van der Waals surface area contributed by atoms with Crippen LogP contribution in [0.3, 0.4) is 0 Å². The highest BCUT2D eigenvalue weighted by Gasteiger charge is 1.96. The molecular weight excluding hydrogens is 128 g/mol. The number of nitrogens with two attached hydrogens (primary N) is 1. The van der Waals surface area contributed by atoms with Gasteiger partial charge in [-0.2, -0.15) is 5.26 Å². The molecule has 10 heavy (non-hydrogen) atoms. The average molecular weight is 134 g/mol. The number of hydrogen-bond acceptors (Lipinski definition) is 3. The van der Waals surface area contributed by atoms with Crippen LogP contribution in [0.15, 0.2) is 18.2 Å². The maximum absolute atomic E-state index is 8.86. The Morgan fingerprint density at radius 1 is 1.50 bits per heavy atom. The van der Waals surface area contributed by atoms with Crippen LogP contribution in [-0.4, -0.2) is 5.11 Å². The minimum absolute atomic E-state index is 0.0609. The molecule has 0 aliphatic carbocycles. The molecule has 0 heterocycles. The molecule has 0 amide bonds. The Bertz CT molecular complexity index is 288. The van der Waals surface area contributed by atoms with E-state index in [2.05, 4.69) is 0 Å². The van der Waals surface area contributed by atoms with Gasteiger partial charge >= 0.3 is 0 Å². The third kappa shape index (κ3) is 1.00. The van der Waals surface area contributed by atoms with Crippen molar-refractivity contribution in [3.8, 4) is 11.8 Å². The molecule has 0 aliphatic rings. The predicted octanol–water partition coefficient (Wildman–Crippen LogP) is 0.846. The second-order valence-corrected chi connectivity index (χ2v) is 1.88. The van der Waals surface area contributed by atoms with Gasteiger partial charge in [-0.25, -0.2) is 0 Å². The van der Waals surface area contributed by atoms with Gasteiger partial charge in [0.15, 0.2) is 0 Å². The summed E-state index contributed by atoms with van der Waals surface area (Å²) in [6.07, 6.45) is 0. The van der Waals surface area contributed by atoms with Crippen molar-refractivity contribution < 1.29 is 5.11 Å². The number of anilines is 1. The highest BCUT2D eigenvalue weighted by atomic mass is 16.3. The Labute approximate surface area is 58.3 Å². The molecule has 0 bridgehead atoms. The van der Waals surface area contributed by atoms with Gasteiger partial charge < -0.3 is 10.8 Å². The Kier molecular flexibility index (Phi) is 1.46. The normalized spacial score (nSPS) is 8.70. The highest BCUT2D eigenvalue weighted by Crippen LogP contribution is 2.16. The number of nitriles is 1. The monoisotopic (exact) mass is 134 g/mol. The third-order valence-electron chi connectivity index (χ3n) is 1.16. The van der Waals surface area contributed by atoms with E-state index in [1.54, 1.807) is 0 Å². The number of phenolic OH excluding ortho intramolecular Hbond substituents is 1. The first-order chi connectivity index (χ1) is 4.74. The van der Waals surface area contributed by atoms with Crippen molar-refractivity contribution in [1.82, 2.24) is 0 Å². The molecule has 0 aromatic heterocycles. The average Bonchev–Trinajstić information content (AvgIpc) is 1.94. The van der Waals surface area contributed by atoms with Crippen LogP contribution in [0.2, 0.25) is 0 Å². The summed E-state index contributed by atoms with van der Waals surface area (Å²) in [4.78, 5) is 0. The van der Waals surface area contributed by atoms with E-state index >= 15 is 0 Å². The smallest absolute Gasteiger partial charge is 0.117 e. The van der Waals surface area contributed by atoms with Crippen molar-refractivity contribution >= 4 is 5.69 Å². The second-order valence-electron chi connectivity index (χ2n) is 1.88.